The second-order valence-electron chi connectivity index (χ2n) is 8.52. The van der Waals surface area contributed by atoms with E-state index < -0.39 is 17.7 Å². The number of hydrogen-bond donors (Lipinski definition) is 1. The zero-order valence-corrected chi connectivity index (χ0v) is 18.6. The monoisotopic (exact) mass is 436 g/mol. The molecule has 3 heterocycles. The Morgan fingerprint density at radius 2 is 2.12 bits per heavy atom. The molecule has 2 saturated heterocycles. The first-order valence-electron chi connectivity index (χ1n) is 10.9. The number of aromatic nitrogens is 1. The van der Waals surface area contributed by atoms with Crippen LogP contribution in [-0.4, -0.2) is 52.0 Å². The number of ketones is 1. The summed E-state index contributed by atoms with van der Waals surface area (Å²) in [5.74, 6) is -0.827. The van der Waals surface area contributed by atoms with Gasteiger partial charge < -0.3 is 19.5 Å². The number of Topliss-reactive ketones (excluding diaryl/α,β-unsaturated/α-hetero) is 1. The van der Waals surface area contributed by atoms with Crippen molar-refractivity contribution in [3.05, 3.63) is 65.0 Å². The molecule has 2 aliphatic heterocycles. The minimum atomic E-state index is -0.722. The number of benzene rings is 1. The molecule has 2 aliphatic rings. The summed E-state index contributed by atoms with van der Waals surface area (Å²) in [5.41, 5.74) is 2.03. The van der Waals surface area contributed by atoms with E-state index in [-0.39, 0.29) is 23.5 Å². The van der Waals surface area contributed by atoms with Gasteiger partial charge in [0.2, 0.25) is 0 Å². The molecule has 1 aromatic carbocycles. The fraction of sp³-hybridized carbons (Fsp3) is 0.400. The number of hydrogen-bond acceptors (Lipinski definition) is 6. The number of aliphatic hydroxyl groups is 1. The van der Waals surface area contributed by atoms with Crippen molar-refractivity contribution in [3.63, 3.8) is 0 Å². The number of pyridine rings is 1. The van der Waals surface area contributed by atoms with Crippen molar-refractivity contribution in [1.82, 2.24) is 9.88 Å². The van der Waals surface area contributed by atoms with Crippen molar-refractivity contribution in [2.45, 2.75) is 51.9 Å². The first-order chi connectivity index (χ1) is 15.4. The molecule has 32 heavy (non-hydrogen) atoms. The molecule has 1 amide bonds. The topological polar surface area (TPSA) is 89.0 Å². The summed E-state index contributed by atoms with van der Waals surface area (Å²) in [5, 5.41) is 11.2. The summed E-state index contributed by atoms with van der Waals surface area (Å²) in [6.45, 7) is 6.70. The summed E-state index contributed by atoms with van der Waals surface area (Å²) in [6, 6.07) is 8.08. The Hall–Kier alpha value is -3.19. The maximum atomic E-state index is 13.1. The first-order valence-corrected chi connectivity index (χ1v) is 10.9. The Labute approximate surface area is 187 Å². The summed E-state index contributed by atoms with van der Waals surface area (Å²) >= 11 is 0. The lowest BCUT2D eigenvalue weighted by Crippen LogP contribution is -2.36. The number of nitrogens with zero attached hydrogens (tertiary/aromatic N) is 2. The number of carbonyl (C=O) groups is 2. The average Bonchev–Trinajstić information content (AvgIpc) is 3.37. The zero-order chi connectivity index (χ0) is 22.8. The standard InChI is InChI=1S/C25H28N2O5/c1-15(2)32-20-9-8-17(12-16(20)3)23(28)21-22(18-6-4-10-26-13-18)27(25(30)24(21)29)14-19-7-5-11-31-19/h4,6,8-10,12-13,15,19,22,28H,5,7,11,14H2,1-3H3/b23-21-. The summed E-state index contributed by atoms with van der Waals surface area (Å²) in [7, 11) is 0. The van der Waals surface area contributed by atoms with Crippen LogP contribution in [0.15, 0.2) is 48.3 Å². The highest BCUT2D eigenvalue weighted by atomic mass is 16.5. The van der Waals surface area contributed by atoms with E-state index in [0.29, 0.717) is 30.0 Å². The molecule has 0 bridgehead atoms. The van der Waals surface area contributed by atoms with Gasteiger partial charge in [0.25, 0.3) is 11.7 Å². The molecule has 7 nitrogen and oxygen atoms in total. The van der Waals surface area contributed by atoms with Gasteiger partial charge in [-0.3, -0.25) is 14.6 Å². The van der Waals surface area contributed by atoms with Crippen molar-refractivity contribution < 1.29 is 24.2 Å². The highest BCUT2D eigenvalue weighted by Crippen LogP contribution is 2.40. The summed E-state index contributed by atoms with van der Waals surface area (Å²) < 4.78 is 11.5. The van der Waals surface area contributed by atoms with Crippen LogP contribution in [0.3, 0.4) is 0 Å². The molecule has 7 heteroatoms. The second-order valence-corrected chi connectivity index (χ2v) is 8.52. The number of aliphatic hydroxyl groups excluding tert-OH is 1. The number of likely N-dealkylation sites (tertiary alicyclic amines) is 1. The Bertz CT molecular complexity index is 1040. The Morgan fingerprint density at radius 3 is 2.75 bits per heavy atom. The predicted octanol–water partition coefficient (Wildman–Crippen LogP) is 3.78. The van der Waals surface area contributed by atoms with E-state index in [1.54, 1.807) is 36.7 Å². The van der Waals surface area contributed by atoms with Crippen LogP contribution < -0.4 is 4.74 Å². The van der Waals surface area contributed by atoms with Crippen LogP contribution in [0.25, 0.3) is 5.76 Å². The SMILES string of the molecule is Cc1cc(/C(O)=C2/C(=O)C(=O)N(CC3CCCO3)C2c2cccnc2)ccc1OC(C)C. The molecule has 0 saturated carbocycles. The van der Waals surface area contributed by atoms with E-state index in [1.807, 2.05) is 26.8 Å². The maximum absolute atomic E-state index is 13.1. The lowest BCUT2D eigenvalue weighted by atomic mass is 9.95. The molecular formula is C25H28N2O5. The van der Waals surface area contributed by atoms with E-state index in [1.165, 1.54) is 4.90 Å². The molecule has 4 rings (SSSR count). The number of carbonyl (C=O) groups excluding carboxylic acids is 2. The molecule has 2 aromatic rings. The normalized spacial score (nSPS) is 22.7. The third-order valence-electron chi connectivity index (χ3n) is 5.78. The smallest absolute Gasteiger partial charge is 0.295 e. The van der Waals surface area contributed by atoms with Crippen LogP contribution in [0, 0.1) is 6.92 Å². The van der Waals surface area contributed by atoms with Crippen LogP contribution in [0.4, 0.5) is 0 Å². The van der Waals surface area contributed by atoms with Crippen molar-refractivity contribution in [2.75, 3.05) is 13.2 Å². The summed E-state index contributed by atoms with van der Waals surface area (Å²) in [4.78, 5) is 31.8. The number of rotatable bonds is 6. The molecular weight excluding hydrogens is 408 g/mol. The van der Waals surface area contributed by atoms with Crippen molar-refractivity contribution in [1.29, 1.82) is 0 Å². The van der Waals surface area contributed by atoms with E-state index in [0.717, 1.165) is 18.4 Å². The van der Waals surface area contributed by atoms with Crippen LogP contribution in [0.1, 0.15) is 49.4 Å². The lowest BCUT2D eigenvalue weighted by molar-refractivity contribution is -0.140. The molecule has 2 unspecified atom stereocenters. The molecule has 0 spiro atoms. The Morgan fingerprint density at radius 1 is 1.31 bits per heavy atom. The fourth-order valence-electron chi connectivity index (χ4n) is 4.30. The molecule has 0 aliphatic carbocycles. The first kappa shape index (κ1) is 22.0. The van der Waals surface area contributed by atoms with Crippen molar-refractivity contribution in [3.8, 4) is 5.75 Å². The fourth-order valence-corrected chi connectivity index (χ4v) is 4.30. The van der Waals surface area contributed by atoms with Gasteiger partial charge in [0, 0.05) is 31.1 Å². The second kappa shape index (κ2) is 9.12. The molecule has 2 fully saturated rings. The van der Waals surface area contributed by atoms with Crippen LogP contribution in [0.5, 0.6) is 5.75 Å². The lowest BCUT2D eigenvalue weighted by Gasteiger charge is -2.27. The highest BCUT2D eigenvalue weighted by Gasteiger charge is 2.47. The van der Waals surface area contributed by atoms with Crippen LogP contribution >= 0.6 is 0 Å². The number of aryl methyl sites for hydroxylation is 1. The van der Waals surface area contributed by atoms with Crippen LogP contribution in [-0.2, 0) is 14.3 Å². The van der Waals surface area contributed by atoms with Gasteiger partial charge in [0.1, 0.15) is 11.5 Å². The van der Waals surface area contributed by atoms with Crippen molar-refractivity contribution in [2.24, 2.45) is 0 Å². The molecule has 1 N–H and O–H groups in total. The average molecular weight is 437 g/mol. The highest BCUT2D eigenvalue weighted by molar-refractivity contribution is 6.46. The Kier molecular flexibility index (Phi) is 6.28. The Balaban J connectivity index is 1.77. The number of ether oxygens (including phenoxy) is 2. The molecule has 1 aromatic heterocycles. The van der Waals surface area contributed by atoms with Gasteiger partial charge in [0.15, 0.2) is 0 Å². The molecule has 168 valence electrons. The van der Waals surface area contributed by atoms with Gasteiger partial charge in [0.05, 0.1) is 23.8 Å². The van der Waals surface area contributed by atoms with Gasteiger partial charge in [-0.15, -0.1) is 0 Å². The van der Waals surface area contributed by atoms with Gasteiger partial charge in [-0.25, -0.2) is 0 Å². The van der Waals surface area contributed by atoms with Crippen molar-refractivity contribution >= 4 is 17.4 Å². The summed E-state index contributed by atoms with van der Waals surface area (Å²) in [6.07, 6.45) is 4.91. The van der Waals surface area contributed by atoms with Gasteiger partial charge >= 0.3 is 0 Å². The molecule has 2 atom stereocenters. The van der Waals surface area contributed by atoms with E-state index in [9.17, 15) is 14.7 Å². The minimum Gasteiger partial charge on any atom is -0.507 e. The van der Waals surface area contributed by atoms with Gasteiger partial charge in [-0.2, -0.15) is 0 Å². The van der Waals surface area contributed by atoms with Gasteiger partial charge in [-0.05, 0) is 69.0 Å². The largest absolute Gasteiger partial charge is 0.507 e. The number of amides is 1. The molecule has 0 radical (unpaired) electrons. The zero-order valence-electron chi connectivity index (χ0n) is 18.6. The van der Waals surface area contributed by atoms with E-state index in [2.05, 4.69) is 4.98 Å². The third kappa shape index (κ3) is 4.25. The van der Waals surface area contributed by atoms with Crippen LogP contribution in [0.2, 0.25) is 0 Å². The predicted molar refractivity (Wildman–Crippen MR) is 119 cm³/mol. The van der Waals surface area contributed by atoms with Gasteiger partial charge in [-0.1, -0.05) is 6.07 Å². The minimum absolute atomic E-state index is 0.0156. The van der Waals surface area contributed by atoms with E-state index >= 15 is 0 Å². The van der Waals surface area contributed by atoms with E-state index in [4.69, 9.17) is 9.47 Å². The maximum Gasteiger partial charge on any atom is 0.295 e. The quantitative estimate of drug-likeness (QED) is 0.421. The third-order valence-corrected chi connectivity index (χ3v) is 5.78.